The Kier molecular flexibility index (Phi) is 8.53. The molecule has 1 aromatic heterocycles. The van der Waals surface area contributed by atoms with Crippen molar-refractivity contribution in [1.29, 1.82) is 0 Å². The van der Waals surface area contributed by atoms with Gasteiger partial charge in [0.15, 0.2) is 0 Å². The van der Waals surface area contributed by atoms with Gasteiger partial charge in [-0.15, -0.1) is 0 Å². The fraction of sp³-hybridized carbons (Fsp3) is 0.324. The Labute approximate surface area is 250 Å². The Morgan fingerprint density at radius 2 is 1.40 bits per heavy atom. The second-order valence-electron chi connectivity index (χ2n) is 11.5. The number of hydrogen-bond acceptors (Lipinski definition) is 5. The first-order valence-corrected chi connectivity index (χ1v) is 14.9. The maximum Gasteiger partial charge on any atom is 0.243 e. The molecule has 6 rings (SSSR count). The molecule has 0 saturated carbocycles. The number of amides is 3. The van der Waals surface area contributed by atoms with Crippen molar-refractivity contribution in [1.82, 2.24) is 25.8 Å². The summed E-state index contributed by atoms with van der Waals surface area (Å²) in [4.78, 5) is 46.5. The first kappa shape index (κ1) is 28.6. The Morgan fingerprint density at radius 3 is 2.12 bits per heavy atom. The van der Waals surface area contributed by atoms with Crippen LogP contribution in [0.15, 0.2) is 91.1 Å². The second kappa shape index (κ2) is 12.8. The maximum atomic E-state index is 14.1. The lowest BCUT2D eigenvalue weighted by atomic mass is 9.99. The highest BCUT2D eigenvalue weighted by atomic mass is 16.3. The monoisotopic (exact) mass is 579 g/mol. The van der Waals surface area contributed by atoms with Crippen molar-refractivity contribution in [3.05, 3.63) is 108 Å². The van der Waals surface area contributed by atoms with E-state index in [1.165, 1.54) is 0 Å². The largest absolute Gasteiger partial charge is 0.376 e. The molecule has 2 fully saturated rings. The molecule has 3 aromatic carbocycles. The van der Waals surface area contributed by atoms with E-state index in [2.05, 4.69) is 20.9 Å². The SMILES string of the molecule is O=C1N[C@@H](Cc2c[nH]c3ccccc23)C(O)N[C@H](Cc2ccccc2)C(=O)N2CCC[C@H]2C(=O)N[C@H]1Cc1ccccc1. The number of H-pyrrole nitrogens is 1. The fourth-order valence-electron chi connectivity index (χ4n) is 6.28. The summed E-state index contributed by atoms with van der Waals surface area (Å²) in [6, 6.07) is 23.8. The molecule has 5 N–H and O–H groups in total. The number of hydrogen-bond donors (Lipinski definition) is 5. The lowest BCUT2D eigenvalue weighted by molar-refractivity contribution is -0.142. The zero-order chi connectivity index (χ0) is 29.8. The molecule has 9 nitrogen and oxygen atoms in total. The number of para-hydroxylation sites is 1. The minimum Gasteiger partial charge on any atom is -0.376 e. The molecule has 3 amide bonds. The van der Waals surface area contributed by atoms with Crippen LogP contribution < -0.4 is 16.0 Å². The van der Waals surface area contributed by atoms with Crippen LogP contribution in [0.3, 0.4) is 0 Å². The van der Waals surface area contributed by atoms with Crippen LogP contribution in [0.5, 0.6) is 0 Å². The molecule has 43 heavy (non-hydrogen) atoms. The molecule has 0 bridgehead atoms. The lowest BCUT2D eigenvalue weighted by Crippen LogP contribution is -2.63. The smallest absolute Gasteiger partial charge is 0.243 e. The van der Waals surface area contributed by atoms with Crippen molar-refractivity contribution < 1.29 is 19.5 Å². The Morgan fingerprint density at radius 1 is 0.744 bits per heavy atom. The number of carbonyl (C=O) groups is 3. The van der Waals surface area contributed by atoms with Crippen LogP contribution in [0.25, 0.3) is 10.9 Å². The summed E-state index contributed by atoms with van der Waals surface area (Å²) in [6.07, 6.45) is 2.73. The average molecular weight is 580 g/mol. The summed E-state index contributed by atoms with van der Waals surface area (Å²) in [5, 5.41) is 21.8. The zero-order valence-corrected chi connectivity index (χ0v) is 23.9. The first-order chi connectivity index (χ1) is 21.0. The maximum absolute atomic E-state index is 14.1. The van der Waals surface area contributed by atoms with Gasteiger partial charge >= 0.3 is 0 Å². The summed E-state index contributed by atoms with van der Waals surface area (Å²) >= 11 is 0. The molecule has 2 aliphatic rings. The highest BCUT2D eigenvalue weighted by molar-refractivity contribution is 5.94. The number of aromatic nitrogens is 1. The molecule has 0 spiro atoms. The van der Waals surface area contributed by atoms with Gasteiger partial charge in [0, 0.05) is 30.1 Å². The number of fused-ring (bicyclic) bond motifs is 2. The van der Waals surface area contributed by atoms with E-state index in [9.17, 15) is 19.5 Å². The molecule has 2 aliphatic heterocycles. The number of rotatable bonds is 6. The van der Waals surface area contributed by atoms with Crippen LogP contribution in [0, 0.1) is 0 Å². The normalized spacial score (nSPS) is 25.0. The molecule has 2 saturated heterocycles. The van der Waals surface area contributed by atoms with Gasteiger partial charge in [-0.05, 0) is 48.4 Å². The van der Waals surface area contributed by atoms with E-state index in [0.29, 0.717) is 32.2 Å². The Hall–Kier alpha value is -4.47. The van der Waals surface area contributed by atoms with Crippen LogP contribution in [-0.2, 0) is 33.6 Å². The number of nitrogens with one attached hydrogen (secondary N) is 4. The van der Waals surface area contributed by atoms with Gasteiger partial charge in [0.1, 0.15) is 18.3 Å². The highest BCUT2D eigenvalue weighted by Gasteiger charge is 2.40. The van der Waals surface area contributed by atoms with Crippen molar-refractivity contribution >= 4 is 28.6 Å². The van der Waals surface area contributed by atoms with E-state index in [4.69, 9.17) is 0 Å². The van der Waals surface area contributed by atoms with Gasteiger partial charge in [0.25, 0.3) is 0 Å². The summed E-state index contributed by atoms with van der Waals surface area (Å²) in [5.41, 5.74) is 3.69. The van der Waals surface area contributed by atoms with E-state index in [1.807, 2.05) is 91.1 Å². The first-order valence-electron chi connectivity index (χ1n) is 14.9. The third-order valence-electron chi connectivity index (χ3n) is 8.53. The van der Waals surface area contributed by atoms with Crippen molar-refractivity contribution in [2.45, 2.75) is 62.5 Å². The third-order valence-corrected chi connectivity index (χ3v) is 8.53. The van der Waals surface area contributed by atoms with E-state index >= 15 is 0 Å². The molecule has 1 unspecified atom stereocenters. The van der Waals surface area contributed by atoms with Gasteiger partial charge in [-0.25, -0.2) is 0 Å². The van der Waals surface area contributed by atoms with Crippen molar-refractivity contribution in [3.63, 3.8) is 0 Å². The number of aliphatic hydroxyl groups is 1. The summed E-state index contributed by atoms with van der Waals surface area (Å²) in [5.74, 6) is -0.966. The highest BCUT2D eigenvalue weighted by Crippen LogP contribution is 2.23. The molecule has 5 atom stereocenters. The molecule has 4 aromatic rings. The fourth-order valence-corrected chi connectivity index (χ4v) is 6.28. The predicted octanol–water partition coefficient (Wildman–Crippen LogP) is 2.45. The van der Waals surface area contributed by atoms with Crippen LogP contribution in [-0.4, -0.2) is 69.7 Å². The molecular formula is C34H37N5O4. The number of aromatic amines is 1. The predicted molar refractivity (Wildman–Crippen MR) is 164 cm³/mol. The van der Waals surface area contributed by atoms with Crippen molar-refractivity contribution in [3.8, 4) is 0 Å². The molecule has 0 aliphatic carbocycles. The van der Waals surface area contributed by atoms with Gasteiger partial charge in [-0.1, -0.05) is 78.9 Å². The van der Waals surface area contributed by atoms with Gasteiger partial charge in [0.05, 0.1) is 12.1 Å². The Bertz CT molecular complexity index is 1570. The summed E-state index contributed by atoms with van der Waals surface area (Å²) < 4.78 is 0. The van der Waals surface area contributed by atoms with Crippen molar-refractivity contribution in [2.75, 3.05) is 6.54 Å². The number of carbonyl (C=O) groups excluding carboxylic acids is 3. The minimum absolute atomic E-state index is 0.238. The van der Waals surface area contributed by atoms with Crippen LogP contribution >= 0.6 is 0 Å². The van der Waals surface area contributed by atoms with E-state index in [1.54, 1.807) is 4.90 Å². The minimum atomic E-state index is -1.25. The topological polar surface area (TPSA) is 127 Å². The average Bonchev–Trinajstić information content (AvgIpc) is 3.68. The molecular weight excluding hydrogens is 542 g/mol. The number of benzene rings is 3. The second-order valence-corrected chi connectivity index (χ2v) is 11.5. The van der Waals surface area contributed by atoms with E-state index in [0.717, 1.165) is 27.6 Å². The van der Waals surface area contributed by atoms with E-state index in [-0.39, 0.29) is 24.1 Å². The van der Waals surface area contributed by atoms with Gasteiger partial charge in [0.2, 0.25) is 17.7 Å². The summed E-state index contributed by atoms with van der Waals surface area (Å²) in [7, 11) is 0. The van der Waals surface area contributed by atoms with E-state index < -0.39 is 30.4 Å². The van der Waals surface area contributed by atoms with Crippen molar-refractivity contribution in [2.24, 2.45) is 0 Å². The van der Waals surface area contributed by atoms with Gasteiger partial charge < -0.3 is 25.6 Å². The molecule has 9 heteroatoms. The molecule has 222 valence electrons. The lowest BCUT2D eigenvalue weighted by Gasteiger charge is -2.35. The molecule has 0 radical (unpaired) electrons. The quantitative estimate of drug-likeness (QED) is 0.240. The third kappa shape index (κ3) is 6.48. The zero-order valence-electron chi connectivity index (χ0n) is 23.9. The van der Waals surface area contributed by atoms with Crippen LogP contribution in [0.1, 0.15) is 29.5 Å². The standard InChI is InChI=1S/C34H37N5O4/c40-31-27(18-22-10-3-1-4-11-22)37-33(42)30-16-9-17-39(30)34(43)29(19-23-12-5-2-6-13-23)38-32(41)28(36-31)20-24-21-35-26-15-8-7-14-25(24)26/h1-8,10-15,21,27-30,32,35,38,41H,9,16-20H2,(H,36,40)(H,37,42)/t27-,28-,29+,30-,32?/m0/s1. The van der Waals surface area contributed by atoms with Gasteiger partial charge in [-0.3, -0.25) is 19.7 Å². The Balaban J connectivity index is 1.35. The van der Waals surface area contributed by atoms with Gasteiger partial charge in [-0.2, -0.15) is 0 Å². The number of nitrogens with zero attached hydrogens (tertiary/aromatic N) is 1. The summed E-state index contributed by atoms with van der Waals surface area (Å²) in [6.45, 7) is 0.439. The number of aliphatic hydroxyl groups excluding tert-OH is 1. The van der Waals surface area contributed by atoms with Crippen LogP contribution in [0.4, 0.5) is 0 Å². The van der Waals surface area contributed by atoms with Crippen LogP contribution in [0.2, 0.25) is 0 Å². The molecule has 3 heterocycles.